The zero-order valence-electron chi connectivity index (χ0n) is 15.6. The molecule has 2 aromatic carbocycles. The van der Waals surface area contributed by atoms with E-state index in [4.69, 9.17) is 10.5 Å². The van der Waals surface area contributed by atoms with E-state index in [1.54, 1.807) is 13.4 Å². The lowest BCUT2D eigenvalue weighted by Gasteiger charge is -2.17. The molecular formula is C21H22N4O2. The Balaban J connectivity index is 1.93. The number of hydrogen-bond donors (Lipinski definition) is 1. The fourth-order valence-corrected chi connectivity index (χ4v) is 2.99. The topological polar surface area (TPSA) is 81.3 Å². The van der Waals surface area contributed by atoms with Gasteiger partial charge in [0.1, 0.15) is 12.1 Å². The summed E-state index contributed by atoms with van der Waals surface area (Å²) in [5, 5.41) is 0. The van der Waals surface area contributed by atoms with Crippen molar-refractivity contribution in [2.24, 2.45) is 5.73 Å². The molecule has 3 rings (SSSR count). The van der Waals surface area contributed by atoms with Crippen LogP contribution in [0.1, 0.15) is 21.6 Å². The Morgan fingerprint density at radius 1 is 1.11 bits per heavy atom. The van der Waals surface area contributed by atoms with Crippen LogP contribution in [0.15, 0.2) is 54.9 Å². The van der Waals surface area contributed by atoms with Crippen LogP contribution in [0.4, 0.5) is 5.69 Å². The van der Waals surface area contributed by atoms with Gasteiger partial charge in [-0.25, -0.2) is 9.97 Å². The van der Waals surface area contributed by atoms with Crippen LogP contribution in [0, 0.1) is 0 Å². The van der Waals surface area contributed by atoms with Gasteiger partial charge in [0, 0.05) is 37.5 Å². The van der Waals surface area contributed by atoms with Crippen LogP contribution in [-0.4, -0.2) is 37.1 Å². The number of methoxy groups -OCH3 is 1. The Labute approximate surface area is 158 Å². The van der Waals surface area contributed by atoms with Crippen LogP contribution in [0.3, 0.4) is 0 Å². The molecule has 0 bridgehead atoms. The second-order valence-corrected chi connectivity index (χ2v) is 6.38. The molecule has 0 aliphatic rings. The summed E-state index contributed by atoms with van der Waals surface area (Å²) in [7, 11) is 5.40. The predicted octanol–water partition coefficient (Wildman–Crippen LogP) is 2.91. The van der Waals surface area contributed by atoms with Gasteiger partial charge in [0.25, 0.3) is 5.91 Å². The first-order valence-corrected chi connectivity index (χ1v) is 8.54. The van der Waals surface area contributed by atoms with Crippen molar-refractivity contribution in [3.63, 3.8) is 0 Å². The number of anilines is 1. The summed E-state index contributed by atoms with van der Waals surface area (Å²) < 4.78 is 5.42. The molecule has 0 radical (unpaired) electrons. The van der Waals surface area contributed by atoms with E-state index < -0.39 is 5.91 Å². The first-order valence-electron chi connectivity index (χ1n) is 8.54. The first kappa shape index (κ1) is 18.4. The molecular weight excluding hydrogens is 340 g/mol. The fraction of sp³-hybridized carbons (Fsp3) is 0.190. The van der Waals surface area contributed by atoms with E-state index in [1.807, 2.05) is 67.5 Å². The summed E-state index contributed by atoms with van der Waals surface area (Å²) in [6.07, 6.45) is 2.11. The Kier molecular flexibility index (Phi) is 5.35. The minimum absolute atomic E-state index is 0.446. The lowest BCUT2D eigenvalue weighted by atomic mass is 10.0. The summed E-state index contributed by atoms with van der Waals surface area (Å²) in [5.41, 5.74) is 10.3. The van der Waals surface area contributed by atoms with E-state index >= 15 is 0 Å². The van der Waals surface area contributed by atoms with Crippen LogP contribution in [0.2, 0.25) is 0 Å². The fourth-order valence-electron chi connectivity index (χ4n) is 2.99. The van der Waals surface area contributed by atoms with Crippen molar-refractivity contribution in [1.82, 2.24) is 9.97 Å². The van der Waals surface area contributed by atoms with E-state index in [2.05, 4.69) is 9.97 Å². The zero-order chi connectivity index (χ0) is 19.4. The predicted molar refractivity (Wildman–Crippen MR) is 106 cm³/mol. The molecule has 1 heterocycles. The molecule has 3 aromatic rings. The zero-order valence-corrected chi connectivity index (χ0v) is 15.6. The number of nitrogens with two attached hydrogens (primary N) is 1. The van der Waals surface area contributed by atoms with E-state index in [0.717, 1.165) is 34.0 Å². The summed E-state index contributed by atoms with van der Waals surface area (Å²) in [5.74, 6) is 0.312. The maximum absolute atomic E-state index is 11.8. The van der Waals surface area contributed by atoms with Gasteiger partial charge >= 0.3 is 0 Å². The minimum Gasteiger partial charge on any atom is -0.496 e. The normalized spacial score (nSPS) is 10.5. The number of rotatable bonds is 6. The number of hydrogen-bond acceptors (Lipinski definition) is 5. The largest absolute Gasteiger partial charge is 0.496 e. The lowest BCUT2D eigenvalue weighted by Crippen LogP contribution is -2.19. The quantitative estimate of drug-likeness (QED) is 0.729. The highest BCUT2D eigenvalue weighted by molar-refractivity contribution is 5.98. The SMILES string of the molecule is COc1ccccc1-c1cc(Cc2ccc(N(C)C)c(C(N)=O)c2)ncn1. The number of ether oxygens (including phenoxy) is 1. The lowest BCUT2D eigenvalue weighted by molar-refractivity contribution is 0.100. The molecule has 0 aliphatic carbocycles. The molecule has 0 unspecified atom stereocenters. The van der Waals surface area contributed by atoms with Crippen LogP contribution < -0.4 is 15.4 Å². The van der Waals surface area contributed by atoms with Gasteiger partial charge in [-0.05, 0) is 35.9 Å². The van der Waals surface area contributed by atoms with Crippen molar-refractivity contribution < 1.29 is 9.53 Å². The standard InChI is InChI=1S/C21H22N4O2/c1-25(2)19-9-8-14(11-17(19)21(22)26)10-15-12-18(24-13-23-15)16-6-4-5-7-20(16)27-3/h4-9,11-13H,10H2,1-3H3,(H2,22,26). The summed E-state index contributed by atoms with van der Waals surface area (Å²) >= 11 is 0. The van der Waals surface area contributed by atoms with Crippen molar-refractivity contribution in [3.8, 4) is 17.0 Å². The Bertz CT molecular complexity index is 970. The molecule has 1 amide bonds. The van der Waals surface area contributed by atoms with Crippen molar-refractivity contribution in [2.75, 3.05) is 26.1 Å². The Hall–Kier alpha value is -3.41. The van der Waals surface area contributed by atoms with Crippen molar-refractivity contribution in [3.05, 3.63) is 71.7 Å². The number of aromatic nitrogens is 2. The molecule has 6 nitrogen and oxygen atoms in total. The highest BCUT2D eigenvalue weighted by Gasteiger charge is 2.12. The number of nitrogens with zero attached hydrogens (tertiary/aromatic N) is 3. The van der Waals surface area contributed by atoms with Crippen molar-refractivity contribution >= 4 is 11.6 Å². The van der Waals surface area contributed by atoms with Gasteiger partial charge in [-0.15, -0.1) is 0 Å². The number of primary amides is 1. The maximum atomic E-state index is 11.8. The molecule has 138 valence electrons. The van der Waals surface area contributed by atoms with E-state index in [0.29, 0.717) is 12.0 Å². The van der Waals surface area contributed by atoms with Crippen molar-refractivity contribution in [1.29, 1.82) is 0 Å². The van der Waals surface area contributed by atoms with Gasteiger partial charge in [-0.2, -0.15) is 0 Å². The number of para-hydroxylation sites is 1. The molecule has 0 saturated carbocycles. The van der Waals surface area contributed by atoms with E-state index in [-0.39, 0.29) is 0 Å². The Morgan fingerprint density at radius 2 is 1.89 bits per heavy atom. The highest BCUT2D eigenvalue weighted by atomic mass is 16.5. The number of carbonyl (C=O) groups is 1. The second kappa shape index (κ2) is 7.86. The third-order valence-corrected chi connectivity index (χ3v) is 4.30. The molecule has 0 saturated heterocycles. The minimum atomic E-state index is -0.446. The number of amides is 1. The van der Waals surface area contributed by atoms with E-state index in [1.165, 1.54) is 0 Å². The third-order valence-electron chi connectivity index (χ3n) is 4.30. The highest BCUT2D eigenvalue weighted by Crippen LogP contribution is 2.28. The molecule has 0 aliphatic heterocycles. The summed E-state index contributed by atoms with van der Waals surface area (Å²) in [6, 6.07) is 15.4. The van der Waals surface area contributed by atoms with Crippen LogP contribution >= 0.6 is 0 Å². The second-order valence-electron chi connectivity index (χ2n) is 6.38. The van der Waals surface area contributed by atoms with Gasteiger partial charge in [-0.3, -0.25) is 4.79 Å². The van der Waals surface area contributed by atoms with Gasteiger partial charge < -0.3 is 15.4 Å². The summed E-state index contributed by atoms with van der Waals surface area (Å²) in [6.45, 7) is 0. The van der Waals surface area contributed by atoms with Gasteiger partial charge in [0.2, 0.25) is 0 Å². The summed E-state index contributed by atoms with van der Waals surface area (Å²) in [4.78, 5) is 22.4. The van der Waals surface area contributed by atoms with Gasteiger partial charge in [-0.1, -0.05) is 18.2 Å². The average molecular weight is 362 g/mol. The van der Waals surface area contributed by atoms with Gasteiger partial charge in [0.05, 0.1) is 18.4 Å². The van der Waals surface area contributed by atoms with Crippen molar-refractivity contribution in [2.45, 2.75) is 6.42 Å². The van der Waals surface area contributed by atoms with Crippen LogP contribution in [0.25, 0.3) is 11.3 Å². The van der Waals surface area contributed by atoms with E-state index in [9.17, 15) is 4.79 Å². The maximum Gasteiger partial charge on any atom is 0.250 e. The molecule has 0 spiro atoms. The molecule has 27 heavy (non-hydrogen) atoms. The smallest absolute Gasteiger partial charge is 0.250 e. The molecule has 2 N–H and O–H groups in total. The average Bonchev–Trinajstić information content (AvgIpc) is 2.68. The molecule has 6 heteroatoms. The number of carbonyl (C=O) groups excluding carboxylic acids is 1. The molecule has 0 atom stereocenters. The van der Waals surface area contributed by atoms with Crippen LogP contribution in [-0.2, 0) is 6.42 Å². The van der Waals surface area contributed by atoms with Gasteiger partial charge in [0.15, 0.2) is 0 Å². The van der Waals surface area contributed by atoms with Crippen LogP contribution in [0.5, 0.6) is 5.75 Å². The third kappa shape index (κ3) is 4.06. The Morgan fingerprint density at radius 3 is 2.59 bits per heavy atom. The molecule has 1 aromatic heterocycles. The number of benzene rings is 2. The first-order chi connectivity index (χ1) is 13.0. The monoisotopic (exact) mass is 362 g/mol. The molecule has 0 fully saturated rings.